The molecule has 2 aromatic heterocycles. The Morgan fingerprint density at radius 1 is 1.15 bits per heavy atom. The second-order valence-electron chi connectivity index (χ2n) is 8.61. The third kappa shape index (κ3) is 3.90. The van der Waals surface area contributed by atoms with Crippen molar-refractivity contribution in [2.24, 2.45) is 0 Å². The van der Waals surface area contributed by atoms with Crippen LogP contribution in [-0.4, -0.2) is 27.1 Å². The van der Waals surface area contributed by atoms with Gasteiger partial charge in [0.1, 0.15) is 22.7 Å². The maximum absolute atomic E-state index is 13.7. The average molecular weight is 475 g/mol. The minimum absolute atomic E-state index is 0.163. The van der Waals surface area contributed by atoms with Crippen LogP contribution in [0.4, 0.5) is 10.1 Å². The second-order valence-corrected chi connectivity index (χ2v) is 9.56. The predicted molar refractivity (Wildman–Crippen MR) is 130 cm³/mol. The van der Waals surface area contributed by atoms with Gasteiger partial charge in [0.2, 0.25) is 5.91 Å². The standard InChI is InChI=1S/C26H23FN4O2S/c1-17-5-3-6-18(13-17)15-28-25(33)26(2)16-30-22(14-21(29-30)23-7-4-12-34-23)24(32)31(26)20-10-8-19(27)9-11-20/h3-14H,15-16H2,1-2H3,(H,28,33)/t26-/m1/s1. The molecule has 1 aliphatic rings. The van der Waals surface area contributed by atoms with Crippen molar-refractivity contribution in [1.29, 1.82) is 0 Å². The first-order valence-electron chi connectivity index (χ1n) is 10.9. The zero-order chi connectivity index (χ0) is 23.9. The van der Waals surface area contributed by atoms with E-state index in [2.05, 4.69) is 10.4 Å². The maximum Gasteiger partial charge on any atom is 0.277 e. The molecule has 0 radical (unpaired) electrons. The van der Waals surface area contributed by atoms with Gasteiger partial charge in [0.05, 0.1) is 11.4 Å². The van der Waals surface area contributed by atoms with E-state index in [4.69, 9.17) is 0 Å². The third-order valence-electron chi connectivity index (χ3n) is 6.04. The van der Waals surface area contributed by atoms with Gasteiger partial charge in [-0.2, -0.15) is 5.10 Å². The van der Waals surface area contributed by atoms with Gasteiger partial charge >= 0.3 is 0 Å². The number of fused-ring (bicyclic) bond motifs is 1. The lowest BCUT2D eigenvalue weighted by molar-refractivity contribution is -0.126. The number of anilines is 1. The molecule has 0 saturated carbocycles. The number of amides is 2. The summed E-state index contributed by atoms with van der Waals surface area (Å²) >= 11 is 1.53. The van der Waals surface area contributed by atoms with E-state index in [1.54, 1.807) is 17.7 Å². The lowest BCUT2D eigenvalue weighted by Gasteiger charge is -2.43. The van der Waals surface area contributed by atoms with Crippen LogP contribution in [0.25, 0.3) is 10.6 Å². The number of thiophene rings is 1. The lowest BCUT2D eigenvalue weighted by Crippen LogP contribution is -2.64. The van der Waals surface area contributed by atoms with Crippen molar-refractivity contribution < 1.29 is 14.0 Å². The minimum Gasteiger partial charge on any atom is -0.350 e. The molecule has 1 atom stereocenters. The number of halogens is 1. The summed E-state index contributed by atoms with van der Waals surface area (Å²) in [6, 6.07) is 19.1. The summed E-state index contributed by atoms with van der Waals surface area (Å²) in [5.41, 5.74) is 2.31. The highest BCUT2D eigenvalue weighted by Gasteiger charge is 2.48. The quantitative estimate of drug-likeness (QED) is 0.452. The number of aromatic nitrogens is 2. The van der Waals surface area contributed by atoms with Crippen LogP contribution in [0.15, 0.2) is 72.1 Å². The zero-order valence-corrected chi connectivity index (χ0v) is 19.6. The molecule has 1 aliphatic heterocycles. The van der Waals surface area contributed by atoms with Crippen molar-refractivity contribution in [3.05, 3.63) is 94.7 Å². The van der Waals surface area contributed by atoms with Gasteiger partial charge in [-0.1, -0.05) is 35.9 Å². The van der Waals surface area contributed by atoms with Crippen molar-refractivity contribution in [1.82, 2.24) is 15.1 Å². The summed E-state index contributed by atoms with van der Waals surface area (Å²) in [6.07, 6.45) is 0. The van der Waals surface area contributed by atoms with Gasteiger partial charge in [-0.25, -0.2) is 4.39 Å². The molecule has 6 nitrogen and oxygen atoms in total. The van der Waals surface area contributed by atoms with Gasteiger partial charge in [0.25, 0.3) is 5.91 Å². The third-order valence-corrected chi connectivity index (χ3v) is 6.93. The van der Waals surface area contributed by atoms with Crippen LogP contribution in [0.3, 0.4) is 0 Å². The fraction of sp³-hybridized carbons (Fsp3) is 0.192. The number of rotatable bonds is 5. The SMILES string of the molecule is Cc1cccc(CNC(=O)[C@@]2(C)Cn3nc(-c4cccs4)cc3C(=O)N2c2ccc(F)cc2)c1. The summed E-state index contributed by atoms with van der Waals surface area (Å²) in [6.45, 7) is 4.20. The molecular weight excluding hydrogens is 451 g/mol. The number of nitrogens with zero attached hydrogens (tertiary/aromatic N) is 3. The first-order chi connectivity index (χ1) is 16.3. The Hall–Kier alpha value is -3.78. The van der Waals surface area contributed by atoms with Crippen molar-refractivity contribution in [2.45, 2.75) is 32.5 Å². The van der Waals surface area contributed by atoms with Crippen LogP contribution in [0.2, 0.25) is 0 Å². The normalized spacial score (nSPS) is 17.5. The van der Waals surface area contributed by atoms with E-state index < -0.39 is 11.4 Å². The van der Waals surface area contributed by atoms with E-state index in [1.807, 2.05) is 48.7 Å². The van der Waals surface area contributed by atoms with E-state index in [-0.39, 0.29) is 18.4 Å². The highest BCUT2D eigenvalue weighted by atomic mass is 32.1. The number of nitrogens with one attached hydrogen (secondary N) is 1. The molecule has 1 N–H and O–H groups in total. The molecule has 5 rings (SSSR count). The van der Waals surface area contributed by atoms with E-state index in [9.17, 15) is 14.0 Å². The summed E-state index contributed by atoms with van der Waals surface area (Å²) in [5, 5.41) is 9.57. The van der Waals surface area contributed by atoms with Crippen LogP contribution in [0.1, 0.15) is 28.5 Å². The number of hydrogen-bond donors (Lipinski definition) is 1. The molecule has 0 aliphatic carbocycles. The summed E-state index contributed by atoms with van der Waals surface area (Å²) < 4.78 is 15.2. The molecule has 8 heteroatoms. The molecule has 3 heterocycles. The maximum atomic E-state index is 13.7. The summed E-state index contributed by atoms with van der Waals surface area (Å²) in [5.74, 6) is -1.09. The Morgan fingerprint density at radius 3 is 2.65 bits per heavy atom. The summed E-state index contributed by atoms with van der Waals surface area (Å²) in [7, 11) is 0. The first-order valence-corrected chi connectivity index (χ1v) is 11.8. The molecule has 172 valence electrons. The van der Waals surface area contributed by atoms with E-state index in [0.717, 1.165) is 16.0 Å². The van der Waals surface area contributed by atoms with Crippen molar-refractivity contribution in [3.63, 3.8) is 0 Å². The Morgan fingerprint density at radius 2 is 1.94 bits per heavy atom. The van der Waals surface area contributed by atoms with Crippen molar-refractivity contribution in [3.8, 4) is 10.6 Å². The Bertz CT molecular complexity index is 1360. The van der Waals surface area contributed by atoms with Gasteiger partial charge in [-0.3, -0.25) is 19.2 Å². The highest BCUT2D eigenvalue weighted by molar-refractivity contribution is 7.13. The fourth-order valence-electron chi connectivity index (χ4n) is 4.32. The van der Waals surface area contributed by atoms with Crippen LogP contribution >= 0.6 is 11.3 Å². The van der Waals surface area contributed by atoms with Crippen LogP contribution in [0, 0.1) is 12.7 Å². The van der Waals surface area contributed by atoms with Gasteiger partial charge in [0, 0.05) is 12.2 Å². The van der Waals surface area contributed by atoms with Crippen LogP contribution < -0.4 is 10.2 Å². The van der Waals surface area contributed by atoms with Crippen LogP contribution in [-0.2, 0) is 17.9 Å². The van der Waals surface area contributed by atoms with E-state index in [1.165, 1.54) is 40.5 Å². The van der Waals surface area contributed by atoms with Gasteiger partial charge < -0.3 is 5.32 Å². The largest absolute Gasteiger partial charge is 0.350 e. The molecule has 0 bridgehead atoms. The van der Waals surface area contributed by atoms with Crippen molar-refractivity contribution >= 4 is 28.8 Å². The minimum atomic E-state index is -1.27. The molecular formula is C26H23FN4O2S. The number of aryl methyl sites for hydroxylation is 1. The number of benzene rings is 2. The van der Waals surface area contributed by atoms with Gasteiger partial charge in [-0.15, -0.1) is 11.3 Å². The molecule has 2 amide bonds. The predicted octanol–water partition coefficient (Wildman–Crippen LogP) is 4.79. The zero-order valence-electron chi connectivity index (χ0n) is 18.8. The Labute approximate surface area is 200 Å². The first kappa shape index (κ1) is 22.0. The molecule has 4 aromatic rings. The molecule has 34 heavy (non-hydrogen) atoms. The molecule has 0 saturated heterocycles. The molecule has 2 aromatic carbocycles. The number of hydrogen-bond acceptors (Lipinski definition) is 4. The molecule has 0 fully saturated rings. The Balaban J connectivity index is 1.53. The monoisotopic (exact) mass is 474 g/mol. The number of carbonyl (C=O) groups is 2. The van der Waals surface area contributed by atoms with E-state index >= 15 is 0 Å². The summed E-state index contributed by atoms with van der Waals surface area (Å²) in [4.78, 5) is 29.7. The lowest BCUT2D eigenvalue weighted by atomic mass is 9.93. The average Bonchev–Trinajstić information content (AvgIpc) is 3.49. The Kier molecular flexibility index (Phi) is 5.53. The van der Waals surface area contributed by atoms with Gasteiger partial charge in [0.15, 0.2) is 0 Å². The smallest absolute Gasteiger partial charge is 0.277 e. The fourth-order valence-corrected chi connectivity index (χ4v) is 5.00. The highest BCUT2D eigenvalue weighted by Crippen LogP contribution is 2.35. The van der Waals surface area contributed by atoms with Crippen molar-refractivity contribution in [2.75, 3.05) is 4.90 Å². The second kappa shape index (κ2) is 8.53. The molecule has 0 unspecified atom stereocenters. The topological polar surface area (TPSA) is 67.2 Å². The van der Waals surface area contributed by atoms with Gasteiger partial charge in [-0.05, 0) is 61.2 Å². The van der Waals surface area contributed by atoms with E-state index in [0.29, 0.717) is 23.6 Å². The van der Waals surface area contributed by atoms with Crippen LogP contribution in [0.5, 0.6) is 0 Å². The molecule has 0 spiro atoms. The number of carbonyl (C=O) groups excluding carboxylic acids is 2.